The molecule has 1 aromatic heterocycles. The fourth-order valence-corrected chi connectivity index (χ4v) is 4.78. The van der Waals surface area contributed by atoms with Crippen LogP contribution in [0.5, 0.6) is 0 Å². The highest BCUT2D eigenvalue weighted by molar-refractivity contribution is 7.91. The number of rotatable bonds is 5. The first kappa shape index (κ1) is 14.6. The van der Waals surface area contributed by atoms with Gasteiger partial charge in [-0.3, -0.25) is 0 Å². The third-order valence-electron chi connectivity index (χ3n) is 3.93. The largest absolute Gasteiger partial charge is 0.382 e. The van der Waals surface area contributed by atoms with Gasteiger partial charge in [-0.2, -0.15) is 4.37 Å². The van der Waals surface area contributed by atoms with Crippen LogP contribution in [0.25, 0.3) is 0 Å². The van der Waals surface area contributed by atoms with E-state index in [1.807, 2.05) is 0 Å². The maximum atomic E-state index is 12.0. The van der Waals surface area contributed by atoms with Crippen molar-refractivity contribution in [1.82, 2.24) is 4.37 Å². The van der Waals surface area contributed by atoms with Crippen LogP contribution in [0, 0.1) is 11.8 Å². The van der Waals surface area contributed by atoms with E-state index in [2.05, 4.69) is 16.6 Å². The van der Waals surface area contributed by atoms with E-state index in [9.17, 15) is 8.42 Å². The first-order valence-electron chi connectivity index (χ1n) is 6.67. The summed E-state index contributed by atoms with van der Waals surface area (Å²) in [5.74, 6) is 1.47. The maximum absolute atomic E-state index is 12.0. The summed E-state index contributed by atoms with van der Waals surface area (Å²) in [5.41, 5.74) is 5.69. The summed E-state index contributed by atoms with van der Waals surface area (Å²) in [5, 5.41) is 3.84. The van der Waals surface area contributed by atoms with Crippen LogP contribution in [0.3, 0.4) is 0 Å². The van der Waals surface area contributed by atoms with Crippen LogP contribution in [-0.4, -0.2) is 25.1 Å². The Morgan fingerprint density at radius 3 is 2.79 bits per heavy atom. The molecule has 108 valence electrons. The Bertz CT molecular complexity index is 539. The van der Waals surface area contributed by atoms with Gasteiger partial charge in [0.1, 0.15) is 9.90 Å². The lowest BCUT2D eigenvalue weighted by atomic mass is 9.98. The average Bonchev–Trinajstić information content (AvgIpc) is 2.93. The van der Waals surface area contributed by atoms with E-state index in [4.69, 9.17) is 5.73 Å². The summed E-state index contributed by atoms with van der Waals surface area (Å²) in [6.45, 7) is 4.67. The van der Waals surface area contributed by atoms with E-state index >= 15 is 0 Å². The van der Waals surface area contributed by atoms with Crippen molar-refractivity contribution in [2.75, 3.05) is 23.3 Å². The molecule has 1 heterocycles. The minimum absolute atomic E-state index is 0.0458. The van der Waals surface area contributed by atoms with Crippen molar-refractivity contribution in [3.63, 3.8) is 0 Å². The third-order valence-corrected chi connectivity index (χ3v) is 6.67. The highest BCUT2D eigenvalue weighted by Crippen LogP contribution is 2.35. The van der Waals surface area contributed by atoms with Gasteiger partial charge in [0.15, 0.2) is 15.7 Å². The third kappa shape index (κ3) is 3.02. The standard InChI is InChI=1S/C12H21N3O2S2/c1-3-19(16,17)10-11(13)15-18-12(10)14-7-9-6-4-5-8(9)2/h8-9,14H,3-7H2,1-2H3,(H2,13,15). The Morgan fingerprint density at radius 1 is 1.47 bits per heavy atom. The molecule has 1 aliphatic carbocycles. The van der Waals surface area contributed by atoms with E-state index in [0.717, 1.165) is 18.1 Å². The van der Waals surface area contributed by atoms with E-state index in [1.54, 1.807) is 6.92 Å². The summed E-state index contributed by atoms with van der Waals surface area (Å²) in [4.78, 5) is 0.186. The smallest absolute Gasteiger partial charge is 0.184 e. The highest BCUT2D eigenvalue weighted by Gasteiger charge is 2.26. The number of nitrogens with zero attached hydrogens (tertiary/aromatic N) is 1. The number of sulfone groups is 1. The summed E-state index contributed by atoms with van der Waals surface area (Å²) in [6, 6.07) is 0. The summed E-state index contributed by atoms with van der Waals surface area (Å²) < 4.78 is 28.0. The van der Waals surface area contributed by atoms with E-state index < -0.39 is 9.84 Å². The molecule has 1 aromatic rings. The highest BCUT2D eigenvalue weighted by atomic mass is 32.2. The van der Waals surface area contributed by atoms with Crippen molar-refractivity contribution >= 4 is 32.2 Å². The lowest BCUT2D eigenvalue weighted by Crippen LogP contribution is -2.17. The van der Waals surface area contributed by atoms with Crippen molar-refractivity contribution in [3.8, 4) is 0 Å². The second-order valence-corrected chi connectivity index (χ2v) is 8.17. The van der Waals surface area contributed by atoms with Gasteiger partial charge in [0, 0.05) is 6.54 Å². The molecule has 1 aliphatic rings. The molecule has 2 unspecified atom stereocenters. The topological polar surface area (TPSA) is 85.1 Å². The molecule has 0 spiro atoms. The maximum Gasteiger partial charge on any atom is 0.184 e. The minimum atomic E-state index is -3.32. The Morgan fingerprint density at radius 2 is 2.21 bits per heavy atom. The van der Waals surface area contributed by atoms with Crippen molar-refractivity contribution in [1.29, 1.82) is 0 Å². The molecule has 1 fully saturated rings. The Labute approximate surface area is 118 Å². The Hall–Kier alpha value is -0.820. The van der Waals surface area contributed by atoms with Gasteiger partial charge in [-0.25, -0.2) is 8.42 Å². The van der Waals surface area contributed by atoms with Crippen LogP contribution < -0.4 is 11.1 Å². The number of nitrogen functional groups attached to an aromatic ring is 1. The van der Waals surface area contributed by atoms with Crippen LogP contribution in [0.15, 0.2) is 4.90 Å². The molecular weight excluding hydrogens is 282 g/mol. The molecule has 0 aromatic carbocycles. The van der Waals surface area contributed by atoms with Crippen LogP contribution in [0.4, 0.5) is 10.8 Å². The predicted molar refractivity (Wildman–Crippen MR) is 79.2 cm³/mol. The summed E-state index contributed by atoms with van der Waals surface area (Å²) in [6.07, 6.45) is 3.73. The monoisotopic (exact) mass is 303 g/mol. The number of hydrogen-bond acceptors (Lipinski definition) is 6. The Balaban J connectivity index is 2.13. The lowest BCUT2D eigenvalue weighted by Gasteiger charge is -2.16. The molecule has 2 atom stereocenters. The number of anilines is 2. The zero-order chi connectivity index (χ0) is 14.0. The summed E-state index contributed by atoms with van der Waals surface area (Å²) in [7, 11) is -3.32. The fourth-order valence-electron chi connectivity index (χ4n) is 2.60. The number of hydrogen-bond donors (Lipinski definition) is 2. The second kappa shape index (κ2) is 5.66. The molecule has 2 rings (SSSR count). The van der Waals surface area contributed by atoms with Gasteiger partial charge in [0.2, 0.25) is 0 Å². The molecule has 1 saturated carbocycles. The van der Waals surface area contributed by atoms with Gasteiger partial charge in [0.05, 0.1) is 5.75 Å². The Kier molecular flexibility index (Phi) is 4.35. The van der Waals surface area contributed by atoms with Crippen LogP contribution in [-0.2, 0) is 9.84 Å². The van der Waals surface area contributed by atoms with Crippen molar-refractivity contribution in [2.45, 2.75) is 38.0 Å². The number of nitrogens with one attached hydrogen (secondary N) is 1. The molecule has 0 amide bonds. The predicted octanol–water partition coefficient (Wildman–Crippen LogP) is 2.37. The number of nitrogens with two attached hydrogens (primary N) is 1. The first-order valence-corrected chi connectivity index (χ1v) is 9.10. The second-order valence-electron chi connectivity index (χ2n) is 5.18. The SMILES string of the molecule is CCS(=O)(=O)c1c(N)nsc1NCC1CCCC1C. The van der Waals surface area contributed by atoms with Gasteiger partial charge in [-0.1, -0.05) is 26.7 Å². The van der Waals surface area contributed by atoms with Gasteiger partial charge < -0.3 is 11.1 Å². The van der Waals surface area contributed by atoms with Crippen LogP contribution in [0.2, 0.25) is 0 Å². The van der Waals surface area contributed by atoms with Crippen molar-refractivity contribution in [2.24, 2.45) is 11.8 Å². The molecular formula is C12H21N3O2S2. The lowest BCUT2D eigenvalue weighted by molar-refractivity contribution is 0.440. The fraction of sp³-hybridized carbons (Fsp3) is 0.750. The van der Waals surface area contributed by atoms with E-state index in [1.165, 1.54) is 19.3 Å². The van der Waals surface area contributed by atoms with Gasteiger partial charge in [0.25, 0.3) is 0 Å². The molecule has 5 nitrogen and oxygen atoms in total. The van der Waals surface area contributed by atoms with Crippen molar-refractivity contribution < 1.29 is 8.42 Å². The molecule has 7 heteroatoms. The number of aromatic nitrogens is 1. The molecule has 0 aliphatic heterocycles. The van der Waals surface area contributed by atoms with E-state index in [0.29, 0.717) is 16.8 Å². The van der Waals surface area contributed by atoms with Gasteiger partial charge in [-0.15, -0.1) is 0 Å². The molecule has 19 heavy (non-hydrogen) atoms. The van der Waals surface area contributed by atoms with Crippen LogP contribution in [0.1, 0.15) is 33.1 Å². The molecule has 0 saturated heterocycles. The van der Waals surface area contributed by atoms with Gasteiger partial charge >= 0.3 is 0 Å². The zero-order valence-electron chi connectivity index (χ0n) is 11.3. The zero-order valence-corrected chi connectivity index (χ0v) is 13.0. The molecule has 0 radical (unpaired) electrons. The summed E-state index contributed by atoms with van der Waals surface area (Å²) >= 11 is 1.14. The van der Waals surface area contributed by atoms with Crippen LogP contribution >= 0.6 is 11.5 Å². The normalized spacial score (nSPS) is 23.7. The first-order chi connectivity index (χ1) is 8.95. The minimum Gasteiger partial charge on any atom is -0.382 e. The quantitative estimate of drug-likeness (QED) is 0.872. The van der Waals surface area contributed by atoms with Gasteiger partial charge in [-0.05, 0) is 29.8 Å². The van der Waals surface area contributed by atoms with E-state index in [-0.39, 0.29) is 16.5 Å². The average molecular weight is 303 g/mol. The van der Waals surface area contributed by atoms with Crippen molar-refractivity contribution in [3.05, 3.63) is 0 Å². The molecule has 3 N–H and O–H groups in total. The molecule has 0 bridgehead atoms.